The number of nitrogens with zero attached hydrogens (tertiary/aromatic N) is 2. The van der Waals surface area contributed by atoms with Crippen molar-refractivity contribution in [3.05, 3.63) is 29.3 Å². The van der Waals surface area contributed by atoms with Gasteiger partial charge in [0.1, 0.15) is 5.54 Å². The molecule has 0 fully saturated rings. The van der Waals surface area contributed by atoms with E-state index in [1.54, 1.807) is 32.9 Å². The van der Waals surface area contributed by atoms with Crippen molar-refractivity contribution < 1.29 is 8.42 Å². The van der Waals surface area contributed by atoms with Crippen molar-refractivity contribution in [3.63, 3.8) is 0 Å². The quantitative estimate of drug-likeness (QED) is 0.842. The SMILES string of the molecule is Cc1ccc(C)c(S(=O)(=O)N(C)C(C)(C)C#N)c1. The normalized spacial score (nSPS) is 12.5. The highest BCUT2D eigenvalue weighted by Crippen LogP contribution is 2.25. The lowest BCUT2D eigenvalue weighted by atomic mass is 10.1. The minimum atomic E-state index is -3.65. The maximum absolute atomic E-state index is 12.5. The molecule has 0 aliphatic carbocycles. The van der Waals surface area contributed by atoms with E-state index in [0.29, 0.717) is 5.56 Å². The van der Waals surface area contributed by atoms with Crippen LogP contribution in [0, 0.1) is 25.2 Å². The van der Waals surface area contributed by atoms with Gasteiger partial charge in [-0.2, -0.15) is 9.57 Å². The van der Waals surface area contributed by atoms with Crippen LogP contribution in [-0.4, -0.2) is 25.3 Å². The molecule has 0 aromatic heterocycles. The van der Waals surface area contributed by atoms with E-state index in [2.05, 4.69) is 0 Å². The first-order valence-corrected chi connectivity index (χ1v) is 7.04. The second-order valence-corrected chi connectivity index (χ2v) is 6.85. The van der Waals surface area contributed by atoms with E-state index in [1.807, 2.05) is 19.1 Å². The lowest BCUT2D eigenvalue weighted by Gasteiger charge is -2.28. The average molecular weight is 266 g/mol. The highest BCUT2D eigenvalue weighted by Gasteiger charge is 2.34. The summed E-state index contributed by atoms with van der Waals surface area (Å²) in [7, 11) is -2.22. The third-order valence-corrected chi connectivity index (χ3v) is 5.22. The lowest BCUT2D eigenvalue weighted by Crippen LogP contribution is -2.43. The van der Waals surface area contributed by atoms with E-state index in [0.717, 1.165) is 9.87 Å². The second-order valence-electron chi connectivity index (χ2n) is 4.91. The van der Waals surface area contributed by atoms with Crippen molar-refractivity contribution in [2.24, 2.45) is 0 Å². The molecular formula is C13H18N2O2S. The monoisotopic (exact) mass is 266 g/mol. The Bertz CT molecular complexity index is 598. The van der Waals surface area contributed by atoms with Gasteiger partial charge in [-0.05, 0) is 44.9 Å². The molecule has 0 saturated heterocycles. The maximum atomic E-state index is 12.5. The largest absolute Gasteiger partial charge is 0.244 e. The van der Waals surface area contributed by atoms with Crippen molar-refractivity contribution in [1.29, 1.82) is 5.26 Å². The molecule has 0 bridgehead atoms. The predicted octanol–water partition coefficient (Wildman–Crippen LogP) is 2.23. The molecule has 4 nitrogen and oxygen atoms in total. The number of hydrogen-bond acceptors (Lipinski definition) is 3. The molecule has 0 amide bonds. The summed E-state index contributed by atoms with van der Waals surface area (Å²) >= 11 is 0. The van der Waals surface area contributed by atoms with Crippen LogP contribution in [-0.2, 0) is 10.0 Å². The van der Waals surface area contributed by atoms with Gasteiger partial charge in [0.05, 0.1) is 11.0 Å². The second kappa shape index (κ2) is 4.71. The molecule has 1 aromatic carbocycles. The van der Waals surface area contributed by atoms with Crippen LogP contribution in [0.5, 0.6) is 0 Å². The molecule has 0 spiro atoms. The number of sulfonamides is 1. The molecule has 98 valence electrons. The zero-order chi connectivity index (χ0) is 14.1. The first-order valence-electron chi connectivity index (χ1n) is 5.60. The van der Waals surface area contributed by atoms with Crippen LogP contribution in [0.1, 0.15) is 25.0 Å². The molecular weight excluding hydrogens is 248 g/mol. The summed E-state index contributed by atoms with van der Waals surface area (Å²) in [6.07, 6.45) is 0. The van der Waals surface area contributed by atoms with Crippen LogP contribution in [0.15, 0.2) is 23.1 Å². The molecule has 1 rings (SSSR count). The zero-order valence-electron chi connectivity index (χ0n) is 11.4. The topological polar surface area (TPSA) is 61.2 Å². The van der Waals surface area contributed by atoms with Crippen LogP contribution < -0.4 is 0 Å². The lowest BCUT2D eigenvalue weighted by molar-refractivity contribution is 0.337. The first-order chi connectivity index (χ1) is 8.13. The van der Waals surface area contributed by atoms with Gasteiger partial charge in [-0.25, -0.2) is 8.42 Å². The maximum Gasteiger partial charge on any atom is 0.244 e. The Labute approximate surface area is 109 Å². The van der Waals surface area contributed by atoms with Gasteiger partial charge in [0.25, 0.3) is 0 Å². The smallest absolute Gasteiger partial charge is 0.207 e. The molecule has 0 radical (unpaired) electrons. The Morgan fingerprint density at radius 1 is 1.28 bits per heavy atom. The Kier molecular flexibility index (Phi) is 3.84. The number of aryl methyl sites for hydroxylation is 2. The fourth-order valence-corrected chi connectivity index (χ4v) is 3.25. The Morgan fingerprint density at radius 2 is 1.83 bits per heavy atom. The van der Waals surface area contributed by atoms with E-state index in [9.17, 15) is 8.42 Å². The van der Waals surface area contributed by atoms with Gasteiger partial charge in [0, 0.05) is 7.05 Å². The Balaban J connectivity index is 3.40. The predicted molar refractivity (Wildman–Crippen MR) is 70.6 cm³/mol. The highest BCUT2D eigenvalue weighted by molar-refractivity contribution is 7.89. The van der Waals surface area contributed by atoms with Crippen LogP contribution in [0.3, 0.4) is 0 Å². The zero-order valence-corrected chi connectivity index (χ0v) is 12.2. The Hall–Kier alpha value is -1.38. The highest BCUT2D eigenvalue weighted by atomic mass is 32.2. The summed E-state index contributed by atoms with van der Waals surface area (Å²) in [6, 6.07) is 7.27. The number of rotatable bonds is 3. The average Bonchev–Trinajstić information content (AvgIpc) is 2.31. The molecule has 0 heterocycles. The molecule has 18 heavy (non-hydrogen) atoms. The summed E-state index contributed by atoms with van der Waals surface area (Å²) < 4.78 is 26.1. The van der Waals surface area contributed by atoms with Gasteiger partial charge in [0.2, 0.25) is 10.0 Å². The third kappa shape index (κ3) is 2.55. The molecule has 0 atom stereocenters. The van der Waals surface area contributed by atoms with Crippen molar-refractivity contribution >= 4 is 10.0 Å². The minimum absolute atomic E-state index is 0.258. The van der Waals surface area contributed by atoms with Gasteiger partial charge in [-0.15, -0.1) is 0 Å². The standard InChI is InChI=1S/C13H18N2O2S/c1-10-6-7-11(2)12(8-10)18(16,17)15(5)13(3,4)9-14/h6-8H,1-5H3. The van der Waals surface area contributed by atoms with Crippen molar-refractivity contribution in [3.8, 4) is 6.07 Å². The number of benzene rings is 1. The molecule has 1 aromatic rings. The molecule has 0 N–H and O–H groups in total. The number of hydrogen-bond donors (Lipinski definition) is 0. The van der Waals surface area contributed by atoms with E-state index < -0.39 is 15.6 Å². The van der Waals surface area contributed by atoms with Gasteiger partial charge < -0.3 is 0 Å². The van der Waals surface area contributed by atoms with Crippen LogP contribution >= 0.6 is 0 Å². The molecule has 0 aliphatic rings. The summed E-state index contributed by atoms with van der Waals surface area (Å²) in [5, 5.41) is 9.04. The summed E-state index contributed by atoms with van der Waals surface area (Å²) in [5.74, 6) is 0. The van der Waals surface area contributed by atoms with Crippen LogP contribution in [0.2, 0.25) is 0 Å². The van der Waals surface area contributed by atoms with Gasteiger partial charge in [0.15, 0.2) is 0 Å². The van der Waals surface area contributed by atoms with Crippen molar-refractivity contribution in [2.45, 2.75) is 38.1 Å². The van der Waals surface area contributed by atoms with Crippen LogP contribution in [0.4, 0.5) is 0 Å². The van der Waals surface area contributed by atoms with Gasteiger partial charge in [-0.3, -0.25) is 0 Å². The molecule has 0 saturated carbocycles. The fourth-order valence-electron chi connectivity index (χ4n) is 1.50. The summed E-state index contributed by atoms with van der Waals surface area (Å²) in [6.45, 7) is 6.75. The van der Waals surface area contributed by atoms with E-state index >= 15 is 0 Å². The van der Waals surface area contributed by atoms with E-state index in [4.69, 9.17) is 5.26 Å². The third-order valence-electron chi connectivity index (χ3n) is 3.04. The van der Waals surface area contributed by atoms with Crippen molar-refractivity contribution in [1.82, 2.24) is 4.31 Å². The number of nitriles is 1. The van der Waals surface area contributed by atoms with E-state index in [1.165, 1.54) is 7.05 Å². The molecule has 0 aliphatic heterocycles. The molecule has 5 heteroatoms. The minimum Gasteiger partial charge on any atom is -0.207 e. The van der Waals surface area contributed by atoms with Gasteiger partial charge in [-0.1, -0.05) is 12.1 Å². The Morgan fingerprint density at radius 3 is 2.33 bits per heavy atom. The first kappa shape index (κ1) is 14.7. The van der Waals surface area contributed by atoms with Crippen molar-refractivity contribution in [2.75, 3.05) is 7.05 Å². The summed E-state index contributed by atoms with van der Waals surface area (Å²) in [5.41, 5.74) is 0.484. The fraction of sp³-hybridized carbons (Fsp3) is 0.462. The van der Waals surface area contributed by atoms with Crippen LogP contribution in [0.25, 0.3) is 0 Å². The van der Waals surface area contributed by atoms with E-state index in [-0.39, 0.29) is 4.90 Å². The summed E-state index contributed by atoms with van der Waals surface area (Å²) in [4.78, 5) is 0.258. The van der Waals surface area contributed by atoms with Gasteiger partial charge >= 0.3 is 0 Å². The molecule has 0 unspecified atom stereocenters.